The van der Waals surface area contributed by atoms with E-state index in [0.29, 0.717) is 46.0 Å². The fraction of sp³-hybridized carbons (Fsp3) is 0.421. The van der Waals surface area contributed by atoms with Gasteiger partial charge in [0.05, 0.1) is 29.4 Å². The average molecular weight is 397 g/mol. The first-order chi connectivity index (χ1) is 12.3. The molecule has 1 unspecified atom stereocenters. The van der Waals surface area contributed by atoms with E-state index in [-0.39, 0.29) is 18.5 Å². The van der Waals surface area contributed by atoms with Gasteiger partial charge >= 0.3 is 5.97 Å². The molecule has 0 spiro atoms. The van der Waals surface area contributed by atoms with Crippen molar-refractivity contribution >= 4 is 29.2 Å². The molecule has 0 bridgehead atoms. The van der Waals surface area contributed by atoms with Crippen LogP contribution in [0.3, 0.4) is 0 Å². The Morgan fingerprint density at radius 1 is 1.15 bits per heavy atom. The molecule has 0 saturated carbocycles. The van der Waals surface area contributed by atoms with E-state index in [0.717, 1.165) is 5.56 Å². The number of esters is 1. The second kappa shape index (κ2) is 9.19. The van der Waals surface area contributed by atoms with Gasteiger partial charge in [0.1, 0.15) is 11.8 Å². The maximum Gasteiger partial charge on any atom is 0.309 e. The lowest BCUT2D eigenvalue weighted by atomic mass is 10.1. The Bertz CT molecular complexity index is 797. The van der Waals surface area contributed by atoms with E-state index in [4.69, 9.17) is 32.7 Å². The second-order valence-corrected chi connectivity index (χ2v) is 6.67. The van der Waals surface area contributed by atoms with E-state index >= 15 is 0 Å². The molecular formula is C19H22Cl2N2O3. The molecule has 0 aliphatic rings. The van der Waals surface area contributed by atoms with Gasteiger partial charge in [-0.2, -0.15) is 0 Å². The molecule has 0 aliphatic carbocycles. The van der Waals surface area contributed by atoms with Crippen LogP contribution in [0.2, 0.25) is 10.0 Å². The van der Waals surface area contributed by atoms with E-state index in [9.17, 15) is 4.79 Å². The summed E-state index contributed by atoms with van der Waals surface area (Å²) >= 11 is 12.2. The molecule has 0 fully saturated rings. The molecule has 0 N–H and O–H groups in total. The first-order valence-electron chi connectivity index (χ1n) is 8.48. The van der Waals surface area contributed by atoms with Gasteiger partial charge in [-0.05, 0) is 45.4 Å². The summed E-state index contributed by atoms with van der Waals surface area (Å²) in [5, 5.41) is 1.07. The van der Waals surface area contributed by atoms with Gasteiger partial charge in [-0.1, -0.05) is 30.1 Å². The molecule has 140 valence electrons. The number of rotatable bonds is 7. The first-order valence-corrected chi connectivity index (χ1v) is 9.24. The zero-order chi connectivity index (χ0) is 19.3. The van der Waals surface area contributed by atoms with Gasteiger partial charge in [-0.25, -0.2) is 9.97 Å². The highest BCUT2D eigenvalue weighted by Gasteiger charge is 2.19. The molecule has 0 saturated heterocycles. The number of aromatic nitrogens is 2. The highest BCUT2D eigenvalue weighted by molar-refractivity contribution is 6.36. The van der Waals surface area contributed by atoms with Crippen molar-refractivity contribution in [1.29, 1.82) is 0 Å². The quantitative estimate of drug-likeness (QED) is 0.603. The Balaban J connectivity index is 2.27. The Morgan fingerprint density at radius 2 is 1.88 bits per heavy atom. The third kappa shape index (κ3) is 5.08. The van der Waals surface area contributed by atoms with Crippen LogP contribution >= 0.6 is 23.2 Å². The third-order valence-electron chi connectivity index (χ3n) is 3.82. The molecule has 1 heterocycles. The zero-order valence-electron chi connectivity index (χ0n) is 15.3. The Morgan fingerprint density at radius 3 is 2.50 bits per heavy atom. The number of halogens is 2. The van der Waals surface area contributed by atoms with Crippen LogP contribution in [-0.4, -0.2) is 28.6 Å². The molecule has 1 aromatic heterocycles. The monoisotopic (exact) mass is 396 g/mol. The van der Waals surface area contributed by atoms with E-state index < -0.39 is 0 Å². The molecule has 0 radical (unpaired) electrons. The number of carbonyl (C=O) groups is 1. The summed E-state index contributed by atoms with van der Waals surface area (Å²) in [6.07, 6.45) is 0.519. The van der Waals surface area contributed by atoms with Crippen molar-refractivity contribution < 1.29 is 14.3 Å². The lowest BCUT2D eigenvalue weighted by Gasteiger charge is -2.18. The summed E-state index contributed by atoms with van der Waals surface area (Å²) in [6.45, 7) is 7.72. The van der Waals surface area contributed by atoms with E-state index in [1.54, 1.807) is 19.1 Å². The molecule has 0 aliphatic heterocycles. The van der Waals surface area contributed by atoms with Crippen LogP contribution < -0.4 is 4.74 Å². The minimum Gasteiger partial charge on any atom is -0.472 e. The van der Waals surface area contributed by atoms with Gasteiger partial charge in [-0.15, -0.1) is 0 Å². The van der Waals surface area contributed by atoms with Crippen LogP contribution in [0, 0.1) is 13.8 Å². The van der Waals surface area contributed by atoms with Gasteiger partial charge in [0.2, 0.25) is 5.88 Å². The highest BCUT2D eigenvalue weighted by atomic mass is 35.5. The van der Waals surface area contributed by atoms with Gasteiger partial charge in [-0.3, -0.25) is 4.79 Å². The van der Waals surface area contributed by atoms with Crippen molar-refractivity contribution in [2.75, 3.05) is 6.61 Å². The minimum absolute atomic E-state index is 0.176. The number of nitrogens with zero attached hydrogens (tertiary/aromatic N) is 2. The van der Waals surface area contributed by atoms with E-state index in [1.165, 1.54) is 0 Å². The maximum absolute atomic E-state index is 11.7. The van der Waals surface area contributed by atoms with Crippen molar-refractivity contribution in [2.45, 2.75) is 46.6 Å². The fourth-order valence-corrected chi connectivity index (χ4v) is 2.96. The van der Waals surface area contributed by atoms with E-state index in [1.807, 2.05) is 26.8 Å². The summed E-state index contributed by atoms with van der Waals surface area (Å²) in [6, 6.07) is 5.25. The summed E-state index contributed by atoms with van der Waals surface area (Å²) in [4.78, 5) is 20.8. The second-order valence-electron chi connectivity index (χ2n) is 5.83. The molecule has 7 heteroatoms. The maximum atomic E-state index is 11.7. The number of benzene rings is 1. The van der Waals surface area contributed by atoms with Crippen LogP contribution in [0.5, 0.6) is 5.88 Å². The largest absolute Gasteiger partial charge is 0.472 e. The fourth-order valence-electron chi connectivity index (χ4n) is 2.46. The first kappa shape index (κ1) is 20.5. The normalized spacial score (nSPS) is 11.9. The summed E-state index contributed by atoms with van der Waals surface area (Å²) in [5.74, 6) is 0.124. The molecule has 5 nitrogen and oxygen atoms in total. The predicted octanol–water partition coefficient (Wildman–Crippen LogP) is 5.18. The number of hydrogen-bond acceptors (Lipinski definition) is 5. The van der Waals surface area contributed by atoms with Crippen LogP contribution in [0.4, 0.5) is 0 Å². The highest BCUT2D eigenvalue weighted by Crippen LogP contribution is 2.32. The van der Waals surface area contributed by atoms with Crippen molar-refractivity contribution in [3.05, 3.63) is 39.6 Å². The summed E-state index contributed by atoms with van der Waals surface area (Å²) in [7, 11) is 0. The summed E-state index contributed by atoms with van der Waals surface area (Å²) < 4.78 is 10.9. The van der Waals surface area contributed by atoms with Crippen molar-refractivity contribution in [3.63, 3.8) is 0 Å². The summed E-state index contributed by atoms with van der Waals surface area (Å²) in [5.41, 5.74) is 2.74. The third-order valence-corrected chi connectivity index (χ3v) is 4.37. The topological polar surface area (TPSA) is 61.3 Å². The number of carbonyl (C=O) groups excluding carboxylic acids is 1. The van der Waals surface area contributed by atoms with Crippen LogP contribution in [-0.2, 0) is 9.53 Å². The lowest BCUT2D eigenvalue weighted by molar-refractivity contribution is -0.145. The Hall–Kier alpha value is -1.85. The molecular weight excluding hydrogens is 375 g/mol. The molecule has 0 amide bonds. The Labute approximate surface area is 163 Å². The van der Waals surface area contributed by atoms with E-state index in [2.05, 4.69) is 9.97 Å². The van der Waals surface area contributed by atoms with Gasteiger partial charge in [0.25, 0.3) is 0 Å². The SMILES string of the molecule is CCOC(=O)CC(CC)Oc1nc(C)c(-c2ccc(Cl)cc2Cl)nc1C. The molecule has 2 aromatic rings. The molecule has 26 heavy (non-hydrogen) atoms. The van der Waals surface area contributed by atoms with Gasteiger partial charge in [0, 0.05) is 10.6 Å². The molecule has 1 aromatic carbocycles. The van der Waals surface area contributed by atoms with Crippen molar-refractivity contribution in [3.8, 4) is 17.1 Å². The standard InChI is InChI=1S/C19H22Cl2N2O3/c1-5-14(10-17(24)25-6-2)26-19-12(4)22-18(11(3)23-19)15-8-7-13(20)9-16(15)21/h7-9,14H,5-6,10H2,1-4H3. The number of aryl methyl sites for hydroxylation is 2. The number of hydrogen-bond donors (Lipinski definition) is 0. The average Bonchev–Trinajstić information content (AvgIpc) is 2.57. The van der Waals surface area contributed by atoms with Crippen molar-refractivity contribution in [2.24, 2.45) is 0 Å². The predicted molar refractivity (Wildman–Crippen MR) is 103 cm³/mol. The van der Waals surface area contributed by atoms with Crippen LogP contribution in [0.1, 0.15) is 38.1 Å². The smallest absolute Gasteiger partial charge is 0.309 e. The van der Waals surface area contributed by atoms with Gasteiger partial charge in [0.15, 0.2) is 0 Å². The Kier molecular flexibility index (Phi) is 7.23. The molecule has 1 atom stereocenters. The van der Waals surface area contributed by atoms with Crippen LogP contribution in [0.15, 0.2) is 18.2 Å². The lowest BCUT2D eigenvalue weighted by Crippen LogP contribution is -2.22. The zero-order valence-corrected chi connectivity index (χ0v) is 16.8. The minimum atomic E-state index is -0.314. The van der Waals surface area contributed by atoms with Crippen LogP contribution in [0.25, 0.3) is 11.3 Å². The molecule has 2 rings (SSSR count). The van der Waals surface area contributed by atoms with Gasteiger partial charge < -0.3 is 9.47 Å². The van der Waals surface area contributed by atoms with Crippen molar-refractivity contribution in [1.82, 2.24) is 9.97 Å². The number of ether oxygens (including phenoxy) is 2.